The van der Waals surface area contributed by atoms with Gasteiger partial charge in [-0.15, -0.1) is 5.10 Å². The summed E-state index contributed by atoms with van der Waals surface area (Å²) in [5.41, 5.74) is 1.47. The Balaban J connectivity index is 1.63. The molecule has 7 heteroatoms. The summed E-state index contributed by atoms with van der Waals surface area (Å²) in [7, 11) is 0. The van der Waals surface area contributed by atoms with E-state index < -0.39 is 0 Å². The highest BCUT2D eigenvalue weighted by Crippen LogP contribution is 2.08. The summed E-state index contributed by atoms with van der Waals surface area (Å²) < 4.78 is 1.54. The first-order chi connectivity index (χ1) is 9.33. The average molecular weight is 258 g/mol. The molecule has 2 heterocycles. The van der Waals surface area contributed by atoms with Crippen molar-refractivity contribution in [1.82, 2.24) is 30.8 Å². The number of rotatable bonds is 4. The molecule has 2 aromatic rings. The number of amides is 1. The van der Waals surface area contributed by atoms with E-state index in [4.69, 9.17) is 0 Å². The van der Waals surface area contributed by atoms with Gasteiger partial charge in [-0.3, -0.25) is 4.79 Å². The molecule has 0 aliphatic carbocycles. The maximum Gasteiger partial charge on any atom is 0.251 e. The Bertz CT molecular complexity index is 546. The highest BCUT2D eigenvalue weighted by Gasteiger charge is 2.17. The molecule has 0 saturated carbocycles. The van der Waals surface area contributed by atoms with Crippen LogP contribution in [0.5, 0.6) is 0 Å². The molecule has 1 aliphatic heterocycles. The van der Waals surface area contributed by atoms with Gasteiger partial charge in [0.25, 0.3) is 5.91 Å². The smallest absolute Gasteiger partial charge is 0.251 e. The van der Waals surface area contributed by atoms with Crippen LogP contribution in [-0.2, 0) is 0 Å². The highest BCUT2D eigenvalue weighted by atomic mass is 16.1. The monoisotopic (exact) mass is 258 g/mol. The summed E-state index contributed by atoms with van der Waals surface area (Å²) in [6.07, 6.45) is 1.51. The molecular formula is C12H14N6O. The van der Waals surface area contributed by atoms with Gasteiger partial charge in [0.05, 0.1) is 5.69 Å². The normalized spacial score (nSPS) is 14.9. The second kappa shape index (κ2) is 5.15. The lowest BCUT2D eigenvalue weighted by Gasteiger charge is -2.27. The number of nitrogens with zero attached hydrogens (tertiary/aromatic N) is 4. The molecule has 0 spiro atoms. The van der Waals surface area contributed by atoms with E-state index in [1.807, 2.05) is 12.1 Å². The second-order valence-electron chi connectivity index (χ2n) is 4.54. The van der Waals surface area contributed by atoms with E-state index in [2.05, 4.69) is 26.2 Å². The second-order valence-corrected chi connectivity index (χ2v) is 4.54. The quantitative estimate of drug-likeness (QED) is 0.780. The van der Waals surface area contributed by atoms with Crippen LogP contribution in [0.4, 0.5) is 0 Å². The predicted molar refractivity (Wildman–Crippen MR) is 67.8 cm³/mol. The molecule has 98 valence electrons. The van der Waals surface area contributed by atoms with E-state index in [1.165, 1.54) is 6.33 Å². The van der Waals surface area contributed by atoms with E-state index in [9.17, 15) is 4.79 Å². The molecule has 1 aliphatic rings. The van der Waals surface area contributed by atoms with Gasteiger partial charge in [0, 0.05) is 31.1 Å². The van der Waals surface area contributed by atoms with Crippen molar-refractivity contribution in [3.63, 3.8) is 0 Å². The van der Waals surface area contributed by atoms with Gasteiger partial charge < -0.3 is 10.6 Å². The third kappa shape index (κ3) is 2.60. The summed E-state index contributed by atoms with van der Waals surface area (Å²) in [5, 5.41) is 17.0. The topological polar surface area (TPSA) is 84.7 Å². The number of tetrazole rings is 1. The lowest BCUT2D eigenvalue weighted by molar-refractivity contribution is 0.0942. The van der Waals surface area contributed by atoms with Crippen molar-refractivity contribution in [2.45, 2.75) is 0 Å². The summed E-state index contributed by atoms with van der Waals surface area (Å²) in [6, 6.07) is 7.17. The van der Waals surface area contributed by atoms with Crippen LogP contribution >= 0.6 is 0 Å². The van der Waals surface area contributed by atoms with Crippen LogP contribution in [0.25, 0.3) is 5.69 Å². The van der Waals surface area contributed by atoms with Gasteiger partial charge in [0.1, 0.15) is 6.33 Å². The lowest BCUT2D eigenvalue weighted by Crippen LogP contribution is -2.48. The fraction of sp³-hybridized carbons (Fsp3) is 0.333. The number of nitrogens with one attached hydrogen (secondary N) is 2. The minimum Gasteiger partial charge on any atom is -0.352 e. The average Bonchev–Trinajstić information content (AvgIpc) is 2.91. The fourth-order valence-electron chi connectivity index (χ4n) is 1.88. The predicted octanol–water partition coefficient (Wildman–Crippen LogP) is -0.389. The molecule has 1 aromatic heterocycles. The van der Waals surface area contributed by atoms with Crippen molar-refractivity contribution < 1.29 is 4.79 Å². The van der Waals surface area contributed by atoms with Crippen molar-refractivity contribution in [1.29, 1.82) is 0 Å². The molecule has 7 nitrogen and oxygen atoms in total. The Morgan fingerprint density at radius 3 is 2.74 bits per heavy atom. The van der Waals surface area contributed by atoms with E-state index in [0.717, 1.165) is 25.3 Å². The zero-order valence-corrected chi connectivity index (χ0v) is 10.3. The zero-order valence-electron chi connectivity index (χ0n) is 10.3. The van der Waals surface area contributed by atoms with Crippen LogP contribution in [0.2, 0.25) is 0 Å². The van der Waals surface area contributed by atoms with Gasteiger partial charge in [-0.2, -0.15) is 0 Å². The van der Waals surface area contributed by atoms with E-state index >= 15 is 0 Å². The number of benzene rings is 1. The Morgan fingerprint density at radius 2 is 2.16 bits per heavy atom. The highest BCUT2D eigenvalue weighted by molar-refractivity contribution is 5.94. The summed E-state index contributed by atoms with van der Waals surface area (Å²) in [6.45, 7) is 2.69. The molecule has 2 N–H and O–H groups in total. The first-order valence-corrected chi connectivity index (χ1v) is 6.15. The summed E-state index contributed by atoms with van der Waals surface area (Å²) >= 11 is 0. The van der Waals surface area contributed by atoms with Crippen molar-refractivity contribution in [3.05, 3.63) is 36.2 Å². The number of aromatic nitrogens is 4. The molecule has 0 unspecified atom stereocenters. The molecule has 1 aromatic carbocycles. The molecule has 1 saturated heterocycles. The maximum absolute atomic E-state index is 11.9. The Hall–Kier alpha value is -2.28. The minimum absolute atomic E-state index is 0.0461. The van der Waals surface area contributed by atoms with Gasteiger partial charge >= 0.3 is 0 Å². The molecule has 1 fully saturated rings. The fourth-order valence-corrected chi connectivity index (χ4v) is 1.88. The van der Waals surface area contributed by atoms with Gasteiger partial charge in [0.2, 0.25) is 0 Å². The van der Waals surface area contributed by atoms with Gasteiger partial charge in [0.15, 0.2) is 0 Å². The standard InChI is InChI=1S/C12H14N6O/c19-12(14-7-9-5-13-6-9)10-1-3-11(4-2-10)18-8-15-16-17-18/h1-4,8-9,13H,5-7H2,(H,14,19). The molecular weight excluding hydrogens is 244 g/mol. The largest absolute Gasteiger partial charge is 0.352 e. The van der Waals surface area contributed by atoms with Crippen LogP contribution < -0.4 is 10.6 Å². The van der Waals surface area contributed by atoms with Crippen LogP contribution in [0.15, 0.2) is 30.6 Å². The Labute approximate surface area is 110 Å². The molecule has 0 bridgehead atoms. The van der Waals surface area contributed by atoms with Crippen LogP contribution in [-0.4, -0.2) is 45.7 Å². The van der Waals surface area contributed by atoms with E-state index in [0.29, 0.717) is 11.5 Å². The number of hydrogen-bond acceptors (Lipinski definition) is 5. The van der Waals surface area contributed by atoms with Gasteiger partial charge in [-0.25, -0.2) is 4.68 Å². The van der Waals surface area contributed by atoms with E-state index in [1.54, 1.807) is 16.8 Å². The molecule has 19 heavy (non-hydrogen) atoms. The Morgan fingerprint density at radius 1 is 1.37 bits per heavy atom. The van der Waals surface area contributed by atoms with Crippen molar-refractivity contribution in [2.24, 2.45) is 5.92 Å². The van der Waals surface area contributed by atoms with Crippen molar-refractivity contribution in [3.8, 4) is 5.69 Å². The van der Waals surface area contributed by atoms with Crippen LogP contribution in [0.3, 0.4) is 0 Å². The van der Waals surface area contributed by atoms with Crippen LogP contribution in [0.1, 0.15) is 10.4 Å². The lowest BCUT2D eigenvalue weighted by atomic mass is 10.0. The summed E-state index contributed by atoms with van der Waals surface area (Å²) in [4.78, 5) is 11.9. The molecule has 0 radical (unpaired) electrons. The van der Waals surface area contributed by atoms with Gasteiger partial charge in [-0.05, 0) is 34.7 Å². The molecule has 3 rings (SSSR count). The third-order valence-corrected chi connectivity index (χ3v) is 3.16. The zero-order chi connectivity index (χ0) is 13.1. The number of carbonyl (C=O) groups is 1. The Kier molecular flexibility index (Phi) is 3.20. The van der Waals surface area contributed by atoms with Crippen LogP contribution in [0, 0.1) is 5.92 Å². The van der Waals surface area contributed by atoms with E-state index in [-0.39, 0.29) is 5.91 Å². The van der Waals surface area contributed by atoms with Gasteiger partial charge in [-0.1, -0.05) is 0 Å². The van der Waals surface area contributed by atoms with Crippen molar-refractivity contribution in [2.75, 3.05) is 19.6 Å². The SMILES string of the molecule is O=C(NCC1CNC1)c1ccc(-n2cnnn2)cc1. The first kappa shape index (κ1) is 11.8. The number of carbonyl (C=O) groups excluding carboxylic acids is 1. The molecule has 1 amide bonds. The molecule has 0 atom stereocenters. The first-order valence-electron chi connectivity index (χ1n) is 6.15. The minimum atomic E-state index is -0.0461. The maximum atomic E-state index is 11.9. The van der Waals surface area contributed by atoms with Crippen molar-refractivity contribution >= 4 is 5.91 Å². The number of hydrogen-bond donors (Lipinski definition) is 2. The summed E-state index contributed by atoms with van der Waals surface area (Å²) in [5.74, 6) is 0.514. The third-order valence-electron chi connectivity index (χ3n) is 3.16.